The number of carbonyl (C=O) groups is 2. The third-order valence-electron chi connectivity index (χ3n) is 5.92. The lowest BCUT2D eigenvalue weighted by Crippen LogP contribution is -2.30. The van der Waals surface area contributed by atoms with Crippen LogP contribution in [0.4, 0.5) is 19.7 Å². The number of hydrogen-bond acceptors (Lipinski definition) is 5. The van der Waals surface area contributed by atoms with Gasteiger partial charge in [0.2, 0.25) is 0 Å². The number of urea groups is 1. The highest BCUT2D eigenvalue weighted by atomic mass is 19.1. The fraction of sp³-hybridized carbons (Fsp3) is 0.414. The number of amides is 2. The van der Waals surface area contributed by atoms with Crippen LogP contribution in [0.2, 0.25) is 0 Å². The maximum absolute atomic E-state index is 13.0. The number of rotatable bonds is 9. The van der Waals surface area contributed by atoms with E-state index in [1.54, 1.807) is 30.3 Å². The highest BCUT2D eigenvalue weighted by Gasteiger charge is 2.24. The van der Waals surface area contributed by atoms with Crippen molar-refractivity contribution in [2.75, 3.05) is 25.5 Å². The molecule has 2 amide bonds. The first-order valence-corrected chi connectivity index (χ1v) is 12.8. The highest BCUT2D eigenvalue weighted by molar-refractivity contribution is 5.90. The Morgan fingerprint density at radius 3 is 2.47 bits per heavy atom. The number of anilines is 1. The van der Waals surface area contributed by atoms with E-state index in [4.69, 9.17) is 4.74 Å². The Labute approximate surface area is 224 Å². The van der Waals surface area contributed by atoms with E-state index in [9.17, 15) is 14.0 Å². The molecular weight excluding hydrogens is 485 g/mol. The van der Waals surface area contributed by atoms with Crippen LogP contribution in [-0.4, -0.2) is 52.3 Å². The van der Waals surface area contributed by atoms with Crippen LogP contribution in [0.5, 0.6) is 0 Å². The number of ether oxygens (including phenoxy) is 1. The molecule has 0 spiro atoms. The van der Waals surface area contributed by atoms with Gasteiger partial charge in [-0.1, -0.05) is 24.3 Å². The first kappa shape index (κ1) is 28.8. The van der Waals surface area contributed by atoms with Crippen molar-refractivity contribution in [3.63, 3.8) is 0 Å². The van der Waals surface area contributed by atoms with E-state index in [1.807, 2.05) is 47.7 Å². The van der Waals surface area contributed by atoms with Gasteiger partial charge >= 0.3 is 12.1 Å². The van der Waals surface area contributed by atoms with Gasteiger partial charge < -0.3 is 20.3 Å². The van der Waals surface area contributed by atoms with Crippen LogP contribution in [0.25, 0.3) is 11.4 Å². The minimum absolute atomic E-state index is 0.232. The lowest BCUT2D eigenvalue weighted by Gasteiger charge is -2.21. The Kier molecular flexibility index (Phi) is 9.63. The Bertz CT molecular complexity index is 1250. The van der Waals surface area contributed by atoms with Crippen molar-refractivity contribution in [2.24, 2.45) is 0 Å². The van der Waals surface area contributed by atoms with Gasteiger partial charge in [0.05, 0.1) is 5.69 Å². The van der Waals surface area contributed by atoms with Gasteiger partial charge in [0.1, 0.15) is 17.2 Å². The van der Waals surface area contributed by atoms with Crippen LogP contribution in [0.15, 0.2) is 48.5 Å². The lowest BCUT2D eigenvalue weighted by atomic mass is 10.2. The summed E-state index contributed by atoms with van der Waals surface area (Å²) in [5.41, 5.74) is 3.13. The molecule has 0 unspecified atom stereocenters. The number of unbranched alkanes of at least 4 members (excludes halogenated alkanes) is 1. The number of carbonyl (C=O) groups excluding carboxylic acids is 2. The van der Waals surface area contributed by atoms with Crippen LogP contribution < -0.4 is 10.6 Å². The Hall–Kier alpha value is -3.72. The van der Waals surface area contributed by atoms with Crippen molar-refractivity contribution in [1.82, 2.24) is 19.8 Å². The fourth-order valence-corrected chi connectivity index (χ4v) is 3.94. The van der Waals surface area contributed by atoms with Crippen molar-refractivity contribution in [1.29, 1.82) is 0 Å². The van der Waals surface area contributed by atoms with E-state index in [2.05, 4.69) is 20.5 Å². The second kappa shape index (κ2) is 12.7. The Balaban J connectivity index is 1.51. The SMILES string of the molecule is Cc1nc(-c2cccc(NC(=O)NCCCCN(C)Cc3ccc(F)cc3)c2)n(C(=O)OC(C)(C)C)c1C. The molecule has 204 valence electrons. The molecule has 0 saturated heterocycles. The quantitative estimate of drug-likeness (QED) is 0.330. The molecule has 0 radical (unpaired) electrons. The molecule has 9 heteroatoms. The van der Waals surface area contributed by atoms with Crippen LogP contribution >= 0.6 is 0 Å². The van der Waals surface area contributed by atoms with E-state index >= 15 is 0 Å². The molecule has 3 aromatic rings. The molecule has 0 aliphatic heterocycles. The van der Waals surface area contributed by atoms with Crippen LogP contribution in [0.1, 0.15) is 50.6 Å². The summed E-state index contributed by atoms with van der Waals surface area (Å²) in [7, 11) is 2.02. The van der Waals surface area contributed by atoms with E-state index in [1.165, 1.54) is 16.7 Å². The Morgan fingerprint density at radius 2 is 1.79 bits per heavy atom. The summed E-state index contributed by atoms with van der Waals surface area (Å²) in [5.74, 6) is 0.229. The summed E-state index contributed by atoms with van der Waals surface area (Å²) in [5, 5.41) is 5.74. The largest absolute Gasteiger partial charge is 0.443 e. The summed E-state index contributed by atoms with van der Waals surface area (Å²) in [6.07, 6.45) is 1.25. The highest BCUT2D eigenvalue weighted by Crippen LogP contribution is 2.26. The molecule has 1 heterocycles. The average molecular weight is 524 g/mol. The predicted molar refractivity (Wildman–Crippen MR) is 148 cm³/mol. The predicted octanol–water partition coefficient (Wildman–Crippen LogP) is 6.12. The number of aryl methyl sites for hydroxylation is 1. The normalized spacial score (nSPS) is 11.5. The number of aromatic nitrogens is 2. The molecule has 0 atom stereocenters. The van der Waals surface area contributed by atoms with Crippen molar-refractivity contribution < 1.29 is 18.7 Å². The van der Waals surface area contributed by atoms with E-state index in [0.717, 1.165) is 37.2 Å². The monoisotopic (exact) mass is 523 g/mol. The molecule has 0 bridgehead atoms. The second-order valence-electron chi connectivity index (χ2n) is 10.5. The minimum atomic E-state index is -0.640. The molecule has 0 aliphatic rings. The number of nitrogens with one attached hydrogen (secondary N) is 2. The van der Waals surface area contributed by atoms with E-state index in [-0.39, 0.29) is 11.8 Å². The van der Waals surface area contributed by atoms with Gasteiger partial charge in [0, 0.05) is 30.0 Å². The van der Waals surface area contributed by atoms with Gasteiger partial charge in [-0.25, -0.2) is 23.5 Å². The number of benzene rings is 2. The van der Waals surface area contributed by atoms with Gasteiger partial charge in [-0.3, -0.25) is 0 Å². The summed E-state index contributed by atoms with van der Waals surface area (Å²) in [4.78, 5) is 32.1. The van der Waals surface area contributed by atoms with Crippen LogP contribution in [0.3, 0.4) is 0 Å². The number of imidazole rings is 1. The molecule has 2 aromatic carbocycles. The number of nitrogens with zero attached hydrogens (tertiary/aromatic N) is 3. The molecule has 3 rings (SSSR count). The summed E-state index contributed by atoms with van der Waals surface area (Å²) in [6, 6.07) is 13.4. The third-order valence-corrected chi connectivity index (χ3v) is 5.92. The zero-order valence-electron chi connectivity index (χ0n) is 23.1. The smallest absolute Gasteiger partial charge is 0.420 e. The molecular formula is C29H38FN5O3. The molecule has 38 heavy (non-hydrogen) atoms. The van der Waals surface area contributed by atoms with Gasteiger partial charge in [0.25, 0.3) is 0 Å². The van der Waals surface area contributed by atoms with Gasteiger partial charge in [-0.2, -0.15) is 0 Å². The third kappa shape index (κ3) is 8.41. The zero-order valence-corrected chi connectivity index (χ0v) is 23.1. The first-order valence-electron chi connectivity index (χ1n) is 12.8. The van der Waals surface area contributed by atoms with E-state index < -0.39 is 11.7 Å². The molecule has 1 aromatic heterocycles. The maximum atomic E-state index is 13.0. The molecule has 8 nitrogen and oxygen atoms in total. The summed E-state index contributed by atoms with van der Waals surface area (Å²) < 4.78 is 20.1. The maximum Gasteiger partial charge on any atom is 0.420 e. The van der Waals surface area contributed by atoms with Gasteiger partial charge in [-0.15, -0.1) is 0 Å². The minimum Gasteiger partial charge on any atom is -0.443 e. The van der Waals surface area contributed by atoms with Crippen molar-refractivity contribution >= 4 is 17.8 Å². The molecule has 2 N–H and O–H groups in total. The second-order valence-corrected chi connectivity index (χ2v) is 10.5. The van der Waals surface area contributed by atoms with E-state index in [0.29, 0.717) is 29.3 Å². The van der Waals surface area contributed by atoms with Gasteiger partial charge in [-0.05, 0) is 90.9 Å². The van der Waals surface area contributed by atoms with Crippen molar-refractivity contribution in [2.45, 2.75) is 59.6 Å². The number of hydrogen-bond donors (Lipinski definition) is 2. The first-order chi connectivity index (χ1) is 17.9. The van der Waals surface area contributed by atoms with Crippen molar-refractivity contribution in [3.05, 3.63) is 71.3 Å². The zero-order chi connectivity index (χ0) is 27.9. The molecule has 0 aliphatic carbocycles. The lowest BCUT2D eigenvalue weighted by molar-refractivity contribution is 0.0536. The molecule has 0 fully saturated rings. The van der Waals surface area contributed by atoms with Crippen LogP contribution in [-0.2, 0) is 11.3 Å². The average Bonchev–Trinajstić information content (AvgIpc) is 3.14. The van der Waals surface area contributed by atoms with Gasteiger partial charge in [0.15, 0.2) is 0 Å². The number of halogens is 1. The van der Waals surface area contributed by atoms with Crippen molar-refractivity contribution in [3.8, 4) is 11.4 Å². The fourth-order valence-electron chi connectivity index (χ4n) is 3.94. The Morgan fingerprint density at radius 1 is 1.08 bits per heavy atom. The summed E-state index contributed by atoms with van der Waals surface area (Å²) >= 11 is 0. The van der Waals surface area contributed by atoms with Crippen LogP contribution in [0, 0.1) is 19.7 Å². The molecule has 0 saturated carbocycles. The standard InChI is InChI=1S/C29H38FN5O3/c1-20-21(2)35(28(37)38-29(3,4)5)26(32-20)23-10-9-11-25(18-23)33-27(36)31-16-7-8-17-34(6)19-22-12-14-24(30)15-13-22/h9-15,18H,7-8,16-17,19H2,1-6H3,(H2,31,33,36). The topological polar surface area (TPSA) is 88.5 Å². The summed E-state index contributed by atoms with van der Waals surface area (Å²) in [6.45, 7) is 11.3.